The van der Waals surface area contributed by atoms with Gasteiger partial charge in [-0.25, -0.2) is 4.98 Å². The highest BCUT2D eigenvalue weighted by atomic mass is 32.1. The van der Waals surface area contributed by atoms with E-state index in [2.05, 4.69) is 39.3 Å². The van der Waals surface area contributed by atoms with Crippen LogP contribution in [0.25, 0.3) is 10.9 Å². The summed E-state index contributed by atoms with van der Waals surface area (Å²) in [5.41, 5.74) is 4.78. The van der Waals surface area contributed by atoms with Gasteiger partial charge in [-0.3, -0.25) is 14.7 Å². The smallest absolute Gasteiger partial charge is 0.255 e. The third-order valence-corrected chi connectivity index (χ3v) is 5.93. The number of aromatic nitrogens is 2. The Morgan fingerprint density at radius 2 is 1.85 bits per heavy atom. The summed E-state index contributed by atoms with van der Waals surface area (Å²) in [6, 6.07) is 8.16. The molecule has 1 amide bonds. The topological polar surface area (TPSA) is 49.3 Å². The second-order valence-corrected chi connectivity index (χ2v) is 8.31. The third kappa shape index (κ3) is 3.87. The van der Waals surface area contributed by atoms with Gasteiger partial charge in [0.1, 0.15) is 0 Å². The number of amides is 1. The van der Waals surface area contributed by atoms with Crippen LogP contribution in [0.4, 0.5) is 0 Å². The van der Waals surface area contributed by atoms with Crippen LogP contribution < -0.4 is 0 Å². The zero-order valence-corrected chi connectivity index (χ0v) is 16.8. The highest BCUT2D eigenvalue weighted by Gasteiger charge is 2.24. The Kier molecular flexibility index (Phi) is 4.93. The predicted octanol–water partition coefficient (Wildman–Crippen LogP) is 3.57. The standard InChI is InChI=1S/C21H24N4OS/c1-14-4-5-17-11-19(15(2)22-20(17)10-14)21(26)25-8-6-24(7-9-25)12-18-13-27-16(3)23-18/h4-5,10-11,13H,6-9,12H2,1-3H3. The maximum Gasteiger partial charge on any atom is 0.255 e. The number of rotatable bonds is 3. The maximum absolute atomic E-state index is 13.1. The molecule has 1 aliphatic heterocycles. The zero-order valence-electron chi connectivity index (χ0n) is 16.0. The SMILES string of the molecule is Cc1ccc2cc(C(=O)N3CCN(Cc4csc(C)n4)CC3)c(C)nc2c1. The first kappa shape index (κ1) is 18.1. The number of pyridine rings is 1. The van der Waals surface area contributed by atoms with Gasteiger partial charge in [0.05, 0.1) is 27.5 Å². The molecule has 0 aliphatic carbocycles. The summed E-state index contributed by atoms with van der Waals surface area (Å²) in [5.74, 6) is 0.0895. The van der Waals surface area contributed by atoms with Crippen molar-refractivity contribution in [3.05, 3.63) is 57.2 Å². The summed E-state index contributed by atoms with van der Waals surface area (Å²) >= 11 is 1.69. The van der Waals surface area contributed by atoms with E-state index in [0.717, 1.165) is 65.6 Å². The molecule has 0 N–H and O–H groups in total. The minimum atomic E-state index is 0.0895. The summed E-state index contributed by atoms with van der Waals surface area (Å²) in [6.45, 7) is 10.1. The largest absolute Gasteiger partial charge is 0.336 e. The van der Waals surface area contributed by atoms with E-state index in [9.17, 15) is 4.79 Å². The van der Waals surface area contributed by atoms with Gasteiger partial charge in [-0.05, 0) is 38.5 Å². The van der Waals surface area contributed by atoms with Crippen molar-refractivity contribution < 1.29 is 4.79 Å². The highest BCUT2D eigenvalue weighted by Crippen LogP contribution is 2.20. The molecule has 6 heteroatoms. The third-order valence-electron chi connectivity index (χ3n) is 5.11. The van der Waals surface area contributed by atoms with Crippen molar-refractivity contribution >= 4 is 28.1 Å². The van der Waals surface area contributed by atoms with Crippen LogP contribution in [0.5, 0.6) is 0 Å². The summed E-state index contributed by atoms with van der Waals surface area (Å²) < 4.78 is 0. The van der Waals surface area contributed by atoms with Gasteiger partial charge in [-0.2, -0.15) is 0 Å². The lowest BCUT2D eigenvalue weighted by atomic mass is 10.1. The molecule has 0 radical (unpaired) electrons. The fraction of sp³-hybridized carbons (Fsp3) is 0.381. The van der Waals surface area contributed by atoms with E-state index < -0.39 is 0 Å². The van der Waals surface area contributed by atoms with Crippen molar-refractivity contribution in [2.75, 3.05) is 26.2 Å². The van der Waals surface area contributed by atoms with Crippen LogP contribution in [0.1, 0.15) is 32.3 Å². The normalized spacial score (nSPS) is 15.4. The van der Waals surface area contributed by atoms with E-state index in [1.54, 1.807) is 11.3 Å². The van der Waals surface area contributed by atoms with Crippen LogP contribution in [0.3, 0.4) is 0 Å². The van der Waals surface area contributed by atoms with Crippen LogP contribution in [0.2, 0.25) is 0 Å². The monoisotopic (exact) mass is 380 g/mol. The summed E-state index contributed by atoms with van der Waals surface area (Å²) in [4.78, 5) is 26.6. The van der Waals surface area contributed by atoms with Gasteiger partial charge in [0.2, 0.25) is 0 Å². The number of carbonyl (C=O) groups is 1. The molecule has 5 nitrogen and oxygen atoms in total. The predicted molar refractivity (Wildman–Crippen MR) is 109 cm³/mol. The molecule has 2 aromatic heterocycles. The molecular formula is C21H24N4OS. The average molecular weight is 381 g/mol. The fourth-order valence-corrected chi connectivity index (χ4v) is 4.18. The van der Waals surface area contributed by atoms with Crippen molar-refractivity contribution in [1.82, 2.24) is 19.8 Å². The maximum atomic E-state index is 13.1. The highest BCUT2D eigenvalue weighted by molar-refractivity contribution is 7.09. The van der Waals surface area contributed by atoms with E-state index in [0.29, 0.717) is 0 Å². The molecule has 1 saturated heterocycles. The van der Waals surface area contributed by atoms with Gasteiger partial charge < -0.3 is 4.90 Å². The first-order valence-electron chi connectivity index (χ1n) is 9.30. The number of piperazine rings is 1. The Morgan fingerprint density at radius 3 is 2.56 bits per heavy atom. The number of fused-ring (bicyclic) bond motifs is 1. The number of hydrogen-bond donors (Lipinski definition) is 0. The molecule has 4 rings (SSSR count). The molecule has 1 fully saturated rings. The summed E-state index contributed by atoms with van der Waals surface area (Å²) in [6.07, 6.45) is 0. The molecule has 3 aromatic rings. The van der Waals surface area contributed by atoms with Crippen molar-refractivity contribution in [1.29, 1.82) is 0 Å². The minimum Gasteiger partial charge on any atom is -0.336 e. The van der Waals surface area contributed by atoms with E-state index in [4.69, 9.17) is 0 Å². The van der Waals surface area contributed by atoms with Crippen LogP contribution in [-0.2, 0) is 6.54 Å². The molecule has 27 heavy (non-hydrogen) atoms. The summed E-state index contributed by atoms with van der Waals surface area (Å²) in [7, 11) is 0. The van der Waals surface area contributed by atoms with E-state index in [1.165, 1.54) is 5.56 Å². The number of aryl methyl sites for hydroxylation is 3. The lowest BCUT2D eigenvalue weighted by Crippen LogP contribution is -2.48. The second kappa shape index (κ2) is 7.37. The number of hydrogen-bond acceptors (Lipinski definition) is 5. The first-order chi connectivity index (χ1) is 13.0. The van der Waals surface area contributed by atoms with Crippen LogP contribution >= 0.6 is 11.3 Å². The van der Waals surface area contributed by atoms with Gasteiger partial charge >= 0.3 is 0 Å². The molecule has 0 atom stereocenters. The molecule has 0 bridgehead atoms. The number of carbonyl (C=O) groups excluding carboxylic acids is 1. The molecule has 1 aliphatic rings. The average Bonchev–Trinajstić information content (AvgIpc) is 3.06. The van der Waals surface area contributed by atoms with Gasteiger partial charge in [-0.1, -0.05) is 12.1 Å². The number of nitrogens with zero attached hydrogens (tertiary/aromatic N) is 4. The Morgan fingerprint density at radius 1 is 1.07 bits per heavy atom. The Bertz CT molecular complexity index is 989. The van der Waals surface area contributed by atoms with Crippen molar-refractivity contribution in [2.45, 2.75) is 27.3 Å². The molecule has 0 unspecified atom stereocenters. The molecule has 3 heterocycles. The van der Waals surface area contributed by atoms with Crippen molar-refractivity contribution in [3.63, 3.8) is 0 Å². The molecule has 0 saturated carbocycles. The Balaban J connectivity index is 1.45. The van der Waals surface area contributed by atoms with E-state index in [1.807, 2.05) is 30.9 Å². The first-order valence-corrected chi connectivity index (χ1v) is 10.2. The zero-order chi connectivity index (χ0) is 19.0. The lowest BCUT2D eigenvalue weighted by Gasteiger charge is -2.34. The number of thiazole rings is 1. The van der Waals surface area contributed by atoms with Gasteiger partial charge in [-0.15, -0.1) is 11.3 Å². The van der Waals surface area contributed by atoms with Crippen molar-refractivity contribution in [3.8, 4) is 0 Å². The molecule has 1 aromatic carbocycles. The lowest BCUT2D eigenvalue weighted by molar-refractivity contribution is 0.0626. The Hall–Kier alpha value is -2.31. The van der Waals surface area contributed by atoms with Gasteiger partial charge in [0, 0.05) is 43.5 Å². The second-order valence-electron chi connectivity index (χ2n) is 7.24. The Labute approximate surface area is 163 Å². The van der Waals surface area contributed by atoms with E-state index in [-0.39, 0.29) is 5.91 Å². The minimum absolute atomic E-state index is 0.0895. The molecule has 0 spiro atoms. The molecule has 140 valence electrons. The van der Waals surface area contributed by atoms with E-state index >= 15 is 0 Å². The van der Waals surface area contributed by atoms with Crippen molar-refractivity contribution in [2.24, 2.45) is 0 Å². The van der Waals surface area contributed by atoms with Gasteiger partial charge in [0.15, 0.2) is 0 Å². The van der Waals surface area contributed by atoms with Crippen LogP contribution in [-0.4, -0.2) is 51.9 Å². The fourth-order valence-electron chi connectivity index (χ4n) is 3.58. The van der Waals surface area contributed by atoms with Crippen LogP contribution in [0, 0.1) is 20.8 Å². The summed E-state index contributed by atoms with van der Waals surface area (Å²) in [5, 5.41) is 4.25. The quantitative estimate of drug-likeness (QED) is 0.697. The van der Waals surface area contributed by atoms with Gasteiger partial charge in [0.25, 0.3) is 5.91 Å². The molecular weight excluding hydrogens is 356 g/mol. The number of benzene rings is 1. The van der Waals surface area contributed by atoms with Crippen LogP contribution in [0.15, 0.2) is 29.6 Å².